The van der Waals surface area contributed by atoms with Crippen LogP contribution in [0.5, 0.6) is 0 Å². The monoisotopic (exact) mass is 366 g/mol. The average molecular weight is 367 g/mol. The summed E-state index contributed by atoms with van der Waals surface area (Å²) in [6.07, 6.45) is 3.16. The van der Waals surface area contributed by atoms with Gasteiger partial charge < -0.3 is 0 Å². The molecule has 0 saturated heterocycles. The first-order valence-corrected chi connectivity index (χ1v) is 10.1. The molecule has 0 unspecified atom stereocenters. The van der Waals surface area contributed by atoms with Crippen LogP contribution in [0.15, 0.2) is 41.9 Å². The highest BCUT2D eigenvalue weighted by molar-refractivity contribution is 7.15. The van der Waals surface area contributed by atoms with Crippen LogP contribution in [0.25, 0.3) is 15.5 Å². The van der Waals surface area contributed by atoms with Gasteiger partial charge in [-0.05, 0) is 6.92 Å². The summed E-state index contributed by atoms with van der Waals surface area (Å²) >= 11 is 3.54. The van der Waals surface area contributed by atoms with Crippen molar-refractivity contribution in [2.24, 2.45) is 0 Å². The maximum Gasteiger partial charge on any atom is 0.194 e. The Hall–Kier alpha value is -2.02. The van der Waals surface area contributed by atoms with Gasteiger partial charge in [-0.3, -0.25) is 9.30 Å². The van der Waals surface area contributed by atoms with E-state index in [4.69, 9.17) is 4.98 Å². The van der Waals surface area contributed by atoms with E-state index in [-0.39, 0.29) is 0 Å². The molecule has 0 fully saturated rings. The molecule has 6 heteroatoms. The second-order valence-corrected chi connectivity index (χ2v) is 8.37. The summed E-state index contributed by atoms with van der Waals surface area (Å²) in [4.78, 5) is 14.6. The van der Waals surface area contributed by atoms with E-state index in [1.807, 2.05) is 11.3 Å². The summed E-state index contributed by atoms with van der Waals surface area (Å²) in [5.74, 6) is 0. The minimum Gasteiger partial charge on any atom is -0.293 e. The predicted octanol–water partition coefficient (Wildman–Crippen LogP) is 4.39. The summed E-state index contributed by atoms with van der Waals surface area (Å²) in [5.41, 5.74) is 4.96. The van der Waals surface area contributed by atoms with Gasteiger partial charge >= 0.3 is 0 Å². The largest absolute Gasteiger partial charge is 0.293 e. The Bertz CT molecular complexity index is 1030. The third kappa shape index (κ3) is 2.70. The van der Waals surface area contributed by atoms with Gasteiger partial charge in [0.1, 0.15) is 5.01 Å². The standard InChI is InChI=1S/C19H18N4S2/c1-13-16(23-9-10-24-19(23)20-13)11-22-8-7-15-17(12-22)25-18(21-15)14-5-3-2-4-6-14/h2-6,9-10H,7-8,11-12H2,1H3. The predicted molar refractivity (Wildman–Crippen MR) is 103 cm³/mol. The fraction of sp³-hybridized carbons (Fsp3) is 0.263. The van der Waals surface area contributed by atoms with Crippen molar-refractivity contribution in [1.82, 2.24) is 19.3 Å². The van der Waals surface area contributed by atoms with Crippen LogP contribution < -0.4 is 0 Å². The summed E-state index contributed by atoms with van der Waals surface area (Å²) in [5, 5.41) is 3.25. The van der Waals surface area contributed by atoms with Gasteiger partial charge in [0.15, 0.2) is 4.96 Å². The van der Waals surface area contributed by atoms with Crippen molar-refractivity contribution >= 4 is 27.6 Å². The molecule has 0 amide bonds. The molecule has 0 bridgehead atoms. The molecule has 25 heavy (non-hydrogen) atoms. The molecule has 4 aromatic rings. The average Bonchev–Trinajstić information content (AvgIpc) is 3.32. The molecule has 3 aromatic heterocycles. The number of aryl methyl sites for hydroxylation is 1. The Morgan fingerprint density at radius 2 is 2.04 bits per heavy atom. The van der Waals surface area contributed by atoms with Crippen molar-refractivity contribution in [3.05, 3.63) is 63.9 Å². The Labute approximate surface area is 154 Å². The molecule has 1 aliphatic heterocycles. The highest BCUT2D eigenvalue weighted by atomic mass is 32.1. The summed E-state index contributed by atoms with van der Waals surface area (Å²) in [7, 11) is 0. The number of benzene rings is 1. The molecule has 126 valence electrons. The highest BCUT2D eigenvalue weighted by Gasteiger charge is 2.23. The molecule has 4 heterocycles. The van der Waals surface area contributed by atoms with Crippen LogP contribution in [0.3, 0.4) is 0 Å². The molecule has 0 spiro atoms. The first-order chi connectivity index (χ1) is 12.3. The minimum absolute atomic E-state index is 0.946. The van der Waals surface area contributed by atoms with Crippen LogP contribution in [-0.4, -0.2) is 25.8 Å². The fourth-order valence-corrected chi connectivity index (χ4v) is 5.36. The first kappa shape index (κ1) is 15.3. The lowest BCUT2D eigenvalue weighted by Crippen LogP contribution is -2.30. The van der Waals surface area contributed by atoms with Crippen molar-refractivity contribution in [3.63, 3.8) is 0 Å². The zero-order chi connectivity index (χ0) is 16.8. The van der Waals surface area contributed by atoms with Gasteiger partial charge in [-0.25, -0.2) is 9.97 Å². The van der Waals surface area contributed by atoms with Gasteiger partial charge in [0.05, 0.1) is 17.1 Å². The van der Waals surface area contributed by atoms with Crippen LogP contribution in [0.2, 0.25) is 0 Å². The molecular weight excluding hydrogens is 348 g/mol. The molecule has 0 radical (unpaired) electrons. The van der Waals surface area contributed by atoms with Crippen molar-refractivity contribution in [2.45, 2.75) is 26.4 Å². The van der Waals surface area contributed by atoms with Gasteiger partial charge in [0.25, 0.3) is 0 Å². The topological polar surface area (TPSA) is 33.4 Å². The van der Waals surface area contributed by atoms with Crippen molar-refractivity contribution in [3.8, 4) is 10.6 Å². The molecule has 0 saturated carbocycles. The number of hydrogen-bond acceptors (Lipinski definition) is 5. The van der Waals surface area contributed by atoms with E-state index in [0.717, 1.165) is 41.7 Å². The Morgan fingerprint density at radius 3 is 2.92 bits per heavy atom. The number of thiazole rings is 2. The number of rotatable bonds is 3. The quantitative estimate of drug-likeness (QED) is 0.539. The number of hydrogen-bond donors (Lipinski definition) is 0. The molecule has 4 nitrogen and oxygen atoms in total. The first-order valence-electron chi connectivity index (χ1n) is 8.45. The molecule has 0 atom stereocenters. The second-order valence-electron chi connectivity index (χ2n) is 6.42. The number of fused-ring (bicyclic) bond motifs is 2. The van der Waals surface area contributed by atoms with Crippen molar-refractivity contribution < 1.29 is 0 Å². The molecule has 0 aliphatic carbocycles. The number of aromatic nitrogens is 3. The van der Waals surface area contributed by atoms with Crippen molar-refractivity contribution in [1.29, 1.82) is 0 Å². The van der Waals surface area contributed by atoms with Crippen LogP contribution >= 0.6 is 22.7 Å². The van der Waals surface area contributed by atoms with E-state index in [1.165, 1.54) is 21.8 Å². The molecule has 1 aliphatic rings. The van der Waals surface area contributed by atoms with Crippen LogP contribution in [0.1, 0.15) is 22.0 Å². The SMILES string of the molecule is Cc1nc2sccn2c1CN1CCc2nc(-c3ccccc3)sc2C1. The van der Waals surface area contributed by atoms with Gasteiger partial charge in [-0.15, -0.1) is 22.7 Å². The fourth-order valence-electron chi connectivity index (χ4n) is 3.43. The lowest BCUT2D eigenvalue weighted by molar-refractivity contribution is 0.243. The normalized spacial score (nSPS) is 14.9. The lowest BCUT2D eigenvalue weighted by atomic mass is 10.1. The van der Waals surface area contributed by atoms with Crippen LogP contribution in [-0.2, 0) is 19.5 Å². The smallest absolute Gasteiger partial charge is 0.194 e. The zero-order valence-electron chi connectivity index (χ0n) is 14.0. The third-order valence-corrected chi connectivity index (χ3v) is 6.65. The van der Waals surface area contributed by atoms with Gasteiger partial charge in [-0.2, -0.15) is 0 Å². The van der Waals surface area contributed by atoms with E-state index >= 15 is 0 Å². The maximum absolute atomic E-state index is 4.89. The van der Waals surface area contributed by atoms with Crippen LogP contribution in [0, 0.1) is 6.92 Å². The summed E-state index contributed by atoms with van der Waals surface area (Å²) in [6, 6.07) is 10.5. The van der Waals surface area contributed by atoms with E-state index in [2.05, 4.69) is 63.1 Å². The third-order valence-electron chi connectivity index (χ3n) is 4.77. The molecule has 1 aromatic carbocycles. The van der Waals surface area contributed by atoms with E-state index in [0.29, 0.717) is 0 Å². The Kier molecular flexibility index (Phi) is 3.69. The molecule has 5 rings (SSSR count). The van der Waals surface area contributed by atoms with E-state index in [9.17, 15) is 0 Å². The molecule has 0 N–H and O–H groups in total. The summed E-state index contributed by atoms with van der Waals surface area (Å²) in [6.45, 7) is 5.10. The number of nitrogens with zero attached hydrogens (tertiary/aromatic N) is 4. The van der Waals surface area contributed by atoms with Crippen LogP contribution in [0.4, 0.5) is 0 Å². The van der Waals surface area contributed by atoms with E-state index in [1.54, 1.807) is 11.3 Å². The maximum atomic E-state index is 4.89. The Morgan fingerprint density at radius 1 is 1.16 bits per heavy atom. The van der Waals surface area contributed by atoms with Gasteiger partial charge in [0.2, 0.25) is 0 Å². The zero-order valence-corrected chi connectivity index (χ0v) is 15.6. The summed E-state index contributed by atoms with van der Waals surface area (Å²) < 4.78 is 2.23. The second kappa shape index (κ2) is 6.05. The minimum atomic E-state index is 0.946. The van der Waals surface area contributed by atoms with E-state index < -0.39 is 0 Å². The van der Waals surface area contributed by atoms with Crippen molar-refractivity contribution in [2.75, 3.05) is 6.54 Å². The molecular formula is C19H18N4S2. The Balaban J connectivity index is 1.40. The van der Waals surface area contributed by atoms with Gasteiger partial charge in [0, 0.05) is 48.1 Å². The van der Waals surface area contributed by atoms with Gasteiger partial charge in [-0.1, -0.05) is 30.3 Å². The lowest BCUT2D eigenvalue weighted by Gasteiger charge is -2.25. The number of imidazole rings is 1. The highest BCUT2D eigenvalue weighted by Crippen LogP contribution is 2.32.